The van der Waals surface area contributed by atoms with E-state index in [9.17, 15) is 9.59 Å². The zero-order valence-corrected chi connectivity index (χ0v) is 15.7. The number of Topliss-reactive ketones (excluding diaryl/α,β-unsaturated/α-hetero) is 1. The van der Waals surface area contributed by atoms with Gasteiger partial charge in [-0.25, -0.2) is 4.98 Å². The lowest BCUT2D eigenvalue weighted by molar-refractivity contribution is 0.102. The standard InChI is InChI=1S/C20H18N2O4S/c1-25-15-9-7-14(8-10-15)17(23)13-27-19-20(24)22(12-11-21-19)16-5-3-4-6-18(16)26-2/h3-12H,13H2,1-2H3. The molecule has 0 aliphatic heterocycles. The molecule has 0 atom stereocenters. The normalized spacial score (nSPS) is 10.4. The summed E-state index contributed by atoms with van der Waals surface area (Å²) in [5.74, 6) is 1.29. The van der Waals surface area contributed by atoms with Gasteiger partial charge in [0.1, 0.15) is 11.5 Å². The number of ether oxygens (including phenoxy) is 2. The van der Waals surface area contributed by atoms with Crippen LogP contribution in [0.15, 0.2) is 70.7 Å². The third-order valence-corrected chi connectivity index (χ3v) is 4.87. The van der Waals surface area contributed by atoms with Crippen molar-refractivity contribution in [1.82, 2.24) is 9.55 Å². The Bertz CT molecular complexity index is 999. The molecule has 0 aliphatic rings. The number of carbonyl (C=O) groups excluding carboxylic acids is 1. The van der Waals surface area contributed by atoms with Crippen LogP contribution in [0.5, 0.6) is 11.5 Å². The summed E-state index contributed by atoms with van der Waals surface area (Å²) in [5, 5.41) is 0.255. The number of ketones is 1. The highest BCUT2D eigenvalue weighted by molar-refractivity contribution is 7.99. The van der Waals surface area contributed by atoms with Gasteiger partial charge in [0.25, 0.3) is 5.56 Å². The molecular formula is C20H18N2O4S. The van der Waals surface area contributed by atoms with Gasteiger partial charge in [-0.1, -0.05) is 23.9 Å². The van der Waals surface area contributed by atoms with E-state index < -0.39 is 0 Å². The first-order chi connectivity index (χ1) is 13.1. The van der Waals surface area contributed by atoms with E-state index in [1.165, 1.54) is 10.8 Å². The van der Waals surface area contributed by atoms with Crippen molar-refractivity contribution in [2.75, 3.05) is 20.0 Å². The molecule has 0 bridgehead atoms. The number of benzene rings is 2. The van der Waals surface area contributed by atoms with Crippen LogP contribution >= 0.6 is 11.8 Å². The Hall–Kier alpha value is -3.06. The number of hydrogen-bond donors (Lipinski definition) is 0. The molecule has 0 radical (unpaired) electrons. The Kier molecular flexibility index (Phi) is 5.93. The number of methoxy groups -OCH3 is 2. The molecule has 138 valence electrons. The fraction of sp³-hybridized carbons (Fsp3) is 0.150. The van der Waals surface area contributed by atoms with Gasteiger partial charge in [0.05, 0.1) is 25.7 Å². The molecule has 27 heavy (non-hydrogen) atoms. The Balaban J connectivity index is 1.80. The van der Waals surface area contributed by atoms with Crippen molar-refractivity contribution < 1.29 is 14.3 Å². The van der Waals surface area contributed by atoms with Crippen molar-refractivity contribution in [2.24, 2.45) is 0 Å². The van der Waals surface area contributed by atoms with Crippen LogP contribution in [0, 0.1) is 0 Å². The van der Waals surface area contributed by atoms with Gasteiger partial charge in [0, 0.05) is 18.0 Å². The number of thioether (sulfide) groups is 1. The number of aromatic nitrogens is 2. The quantitative estimate of drug-likeness (QED) is 0.462. The van der Waals surface area contributed by atoms with Crippen molar-refractivity contribution in [2.45, 2.75) is 5.03 Å². The highest BCUT2D eigenvalue weighted by Crippen LogP contribution is 2.21. The second kappa shape index (κ2) is 8.55. The van der Waals surface area contributed by atoms with E-state index in [1.807, 2.05) is 12.1 Å². The smallest absolute Gasteiger partial charge is 0.287 e. The molecule has 0 saturated carbocycles. The van der Waals surface area contributed by atoms with E-state index in [1.54, 1.807) is 56.8 Å². The van der Waals surface area contributed by atoms with Crippen LogP contribution in [0.25, 0.3) is 5.69 Å². The molecule has 3 rings (SSSR count). The third kappa shape index (κ3) is 4.20. The zero-order chi connectivity index (χ0) is 19.2. The average Bonchev–Trinajstić information content (AvgIpc) is 2.73. The molecule has 1 heterocycles. The first-order valence-corrected chi connectivity index (χ1v) is 9.13. The zero-order valence-electron chi connectivity index (χ0n) is 14.9. The molecule has 1 aromatic heterocycles. The van der Waals surface area contributed by atoms with Gasteiger partial charge in [-0.15, -0.1) is 0 Å². The summed E-state index contributed by atoms with van der Waals surface area (Å²) in [6.45, 7) is 0. The van der Waals surface area contributed by atoms with Crippen LogP contribution in [0.2, 0.25) is 0 Å². The second-order valence-corrected chi connectivity index (χ2v) is 6.48. The topological polar surface area (TPSA) is 70.4 Å². The van der Waals surface area contributed by atoms with Crippen LogP contribution in [0.1, 0.15) is 10.4 Å². The first kappa shape index (κ1) is 18.7. The van der Waals surface area contributed by atoms with Crippen LogP contribution in [0.4, 0.5) is 0 Å². The van der Waals surface area contributed by atoms with Crippen molar-refractivity contribution in [3.8, 4) is 17.2 Å². The van der Waals surface area contributed by atoms with E-state index >= 15 is 0 Å². The summed E-state index contributed by atoms with van der Waals surface area (Å²) >= 11 is 1.12. The molecule has 2 aromatic carbocycles. The molecule has 0 unspecified atom stereocenters. The Morgan fingerprint density at radius 1 is 1.07 bits per heavy atom. The maximum absolute atomic E-state index is 12.8. The molecule has 0 fully saturated rings. The van der Waals surface area contributed by atoms with Crippen LogP contribution in [0.3, 0.4) is 0 Å². The minimum Gasteiger partial charge on any atom is -0.497 e. The monoisotopic (exact) mass is 382 g/mol. The summed E-state index contributed by atoms with van der Waals surface area (Å²) in [6, 6.07) is 14.1. The Morgan fingerprint density at radius 3 is 2.52 bits per heavy atom. The summed E-state index contributed by atoms with van der Waals surface area (Å²) in [5.41, 5.74) is 0.884. The van der Waals surface area contributed by atoms with Crippen molar-refractivity contribution in [1.29, 1.82) is 0 Å². The van der Waals surface area contributed by atoms with Gasteiger partial charge in [-0.05, 0) is 36.4 Å². The molecule has 0 spiro atoms. The highest BCUT2D eigenvalue weighted by Gasteiger charge is 2.13. The summed E-state index contributed by atoms with van der Waals surface area (Å²) in [6.07, 6.45) is 3.11. The maximum Gasteiger partial charge on any atom is 0.287 e. The molecular weight excluding hydrogens is 364 g/mol. The van der Waals surface area contributed by atoms with Crippen molar-refractivity contribution in [3.63, 3.8) is 0 Å². The van der Waals surface area contributed by atoms with E-state index in [-0.39, 0.29) is 22.1 Å². The van der Waals surface area contributed by atoms with Gasteiger partial charge < -0.3 is 9.47 Å². The van der Waals surface area contributed by atoms with Gasteiger partial charge in [-0.3, -0.25) is 14.2 Å². The van der Waals surface area contributed by atoms with Gasteiger partial charge >= 0.3 is 0 Å². The number of rotatable bonds is 7. The minimum absolute atomic E-state index is 0.0865. The molecule has 0 aliphatic carbocycles. The van der Waals surface area contributed by atoms with Crippen molar-refractivity contribution in [3.05, 3.63) is 76.8 Å². The molecule has 0 saturated heterocycles. The molecule has 0 N–H and O–H groups in total. The van der Waals surface area contributed by atoms with Crippen LogP contribution < -0.4 is 15.0 Å². The summed E-state index contributed by atoms with van der Waals surface area (Å²) in [4.78, 5) is 29.3. The van der Waals surface area contributed by atoms with Crippen molar-refractivity contribution >= 4 is 17.5 Å². The number of carbonyl (C=O) groups is 1. The number of hydrogen-bond acceptors (Lipinski definition) is 6. The highest BCUT2D eigenvalue weighted by atomic mass is 32.2. The molecule has 7 heteroatoms. The average molecular weight is 382 g/mol. The predicted octanol–water partition coefficient (Wildman–Crippen LogP) is 3.22. The minimum atomic E-state index is -0.297. The lowest BCUT2D eigenvalue weighted by atomic mass is 10.1. The lowest BCUT2D eigenvalue weighted by Gasteiger charge is -2.11. The first-order valence-electron chi connectivity index (χ1n) is 8.15. The third-order valence-electron chi connectivity index (χ3n) is 3.91. The lowest BCUT2D eigenvalue weighted by Crippen LogP contribution is -2.21. The van der Waals surface area contributed by atoms with E-state index in [0.717, 1.165) is 11.8 Å². The Labute approximate surface area is 160 Å². The molecule has 0 amide bonds. The van der Waals surface area contributed by atoms with E-state index in [2.05, 4.69) is 4.98 Å². The van der Waals surface area contributed by atoms with Crippen LogP contribution in [-0.2, 0) is 0 Å². The largest absolute Gasteiger partial charge is 0.497 e. The fourth-order valence-corrected chi connectivity index (χ4v) is 3.30. The van der Waals surface area contributed by atoms with Gasteiger partial charge in [-0.2, -0.15) is 0 Å². The molecule has 3 aromatic rings. The predicted molar refractivity (Wildman–Crippen MR) is 104 cm³/mol. The van der Waals surface area contributed by atoms with Gasteiger partial charge in [0.15, 0.2) is 10.8 Å². The molecule has 6 nitrogen and oxygen atoms in total. The number of para-hydroxylation sites is 2. The van der Waals surface area contributed by atoms with Gasteiger partial charge in [0.2, 0.25) is 0 Å². The second-order valence-electron chi connectivity index (χ2n) is 5.52. The fourth-order valence-electron chi connectivity index (χ4n) is 2.51. The SMILES string of the molecule is COc1ccc(C(=O)CSc2nccn(-c3ccccc3OC)c2=O)cc1. The van der Waals surface area contributed by atoms with E-state index in [0.29, 0.717) is 22.7 Å². The van der Waals surface area contributed by atoms with Crippen LogP contribution in [-0.4, -0.2) is 35.3 Å². The maximum atomic E-state index is 12.8. The summed E-state index contributed by atoms with van der Waals surface area (Å²) < 4.78 is 11.9. The summed E-state index contributed by atoms with van der Waals surface area (Å²) in [7, 11) is 3.12. The number of nitrogens with zero attached hydrogens (tertiary/aromatic N) is 2. The van der Waals surface area contributed by atoms with E-state index in [4.69, 9.17) is 9.47 Å². The Morgan fingerprint density at radius 2 is 1.81 bits per heavy atom.